The smallest absolute Gasteiger partial charge is 0.133 e. The van der Waals surface area contributed by atoms with Gasteiger partial charge in [-0.2, -0.15) is 0 Å². The van der Waals surface area contributed by atoms with Crippen LogP contribution in [0, 0.1) is 11.6 Å². The SMILES string of the molecule is Cl.NCc1ccc(-c2ccc(F)cc2F)cc1. The standard InChI is InChI=1S/C13H11F2N.ClH/c14-11-5-6-12(13(15)7-11)10-3-1-9(8-16)2-4-10;/h1-7H,8,16H2;1H. The molecule has 0 saturated carbocycles. The third-order valence-corrected chi connectivity index (χ3v) is 2.43. The van der Waals surface area contributed by atoms with Gasteiger partial charge in [0.1, 0.15) is 11.6 Å². The van der Waals surface area contributed by atoms with E-state index in [2.05, 4.69) is 0 Å². The second-order valence-electron chi connectivity index (χ2n) is 3.53. The van der Waals surface area contributed by atoms with E-state index >= 15 is 0 Å². The zero-order valence-corrected chi connectivity index (χ0v) is 9.81. The molecule has 2 rings (SSSR count). The molecular formula is C13H12ClF2N. The Morgan fingerprint density at radius 3 is 2.12 bits per heavy atom. The number of hydrogen-bond donors (Lipinski definition) is 1. The Kier molecular flexibility index (Phi) is 4.61. The van der Waals surface area contributed by atoms with Crippen LogP contribution in [-0.4, -0.2) is 0 Å². The van der Waals surface area contributed by atoms with E-state index in [0.29, 0.717) is 12.1 Å². The van der Waals surface area contributed by atoms with E-state index in [9.17, 15) is 8.78 Å². The van der Waals surface area contributed by atoms with E-state index in [1.165, 1.54) is 12.1 Å². The second kappa shape index (κ2) is 5.75. The summed E-state index contributed by atoms with van der Waals surface area (Å²) in [6, 6.07) is 10.8. The Morgan fingerprint density at radius 1 is 0.941 bits per heavy atom. The maximum absolute atomic E-state index is 13.5. The third-order valence-electron chi connectivity index (χ3n) is 2.43. The van der Waals surface area contributed by atoms with E-state index in [-0.39, 0.29) is 12.4 Å². The zero-order chi connectivity index (χ0) is 11.5. The monoisotopic (exact) mass is 255 g/mol. The van der Waals surface area contributed by atoms with Crippen molar-refractivity contribution < 1.29 is 8.78 Å². The van der Waals surface area contributed by atoms with Gasteiger partial charge >= 0.3 is 0 Å². The van der Waals surface area contributed by atoms with Crippen LogP contribution in [-0.2, 0) is 6.54 Å². The van der Waals surface area contributed by atoms with Gasteiger partial charge in [0.25, 0.3) is 0 Å². The minimum atomic E-state index is -0.570. The number of hydrogen-bond acceptors (Lipinski definition) is 1. The first-order valence-electron chi connectivity index (χ1n) is 4.95. The van der Waals surface area contributed by atoms with E-state index in [4.69, 9.17) is 5.73 Å². The average molecular weight is 256 g/mol. The fraction of sp³-hybridized carbons (Fsp3) is 0.0769. The lowest BCUT2D eigenvalue weighted by Crippen LogP contribution is -1.95. The van der Waals surface area contributed by atoms with Crippen molar-refractivity contribution in [2.24, 2.45) is 5.73 Å². The number of nitrogens with two attached hydrogens (primary N) is 1. The first-order chi connectivity index (χ1) is 7.70. The molecule has 0 aliphatic heterocycles. The molecule has 17 heavy (non-hydrogen) atoms. The molecule has 2 aromatic rings. The summed E-state index contributed by atoms with van der Waals surface area (Å²) in [6.45, 7) is 0.451. The molecule has 0 heterocycles. The maximum atomic E-state index is 13.5. The van der Waals surface area contributed by atoms with Crippen LogP contribution in [0.2, 0.25) is 0 Å². The molecule has 0 fully saturated rings. The summed E-state index contributed by atoms with van der Waals surface area (Å²) in [6.07, 6.45) is 0. The summed E-state index contributed by atoms with van der Waals surface area (Å²) in [7, 11) is 0. The van der Waals surface area contributed by atoms with Gasteiger partial charge in [0, 0.05) is 18.2 Å². The lowest BCUT2D eigenvalue weighted by atomic mass is 10.0. The normalized spacial score (nSPS) is 9.82. The second-order valence-corrected chi connectivity index (χ2v) is 3.53. The van der Waals surface area contributed by atoms with Gasteiger partial charge in [-0.25, -0.2) is 8.78 Å². The highest BCUT2D eigenvalue weighted by Crippen LogP contribution is 2.23. The fourth-order valence-corrected chi connectivity index (χ4v) is 1.54. The van der Waals surface area contributed by atoms with Crippen molar-refractivity contribution in [3.05, 3.63) is 59.7 Å². The predicted octanol–water partition coefficient (Wildman–Crippen LogP) is 3.51. The summed E-state index contributed by atoms with van der Waals surface area (Å²) < 4.78 is 26.2. The largest absolute Gasteiger partial charge is 0.326 e. The molecule has 1 nitrogen and oxygen atoms in total. The molecule has 90 valence electrons. The van der Waals surface area contributed by atoms with Crippen molar-refractivity contribution in [1.29, 1.82) is 0 Å². The molecule has 0 aliphatic carbocycles. The van der Waals surface area contributed by atoms with E-state index in [0.717, 1.165) is 17.2 Å². The van der Waals surface area contributed by atoms with Crippen LogP contribution in [0.5, 0.6) is 0 Å². The first-order valence-corrected chi connectivity index (χ1v) is 4.95. The molecule has 0 saturated heterocycles. The lowest BCUT2D eigenvalue weighted by Gasteiger charge is -2.04. The molecule has 0 radical (unpaired) electrons. The zero-order valence-electron chi connectivity index (χ0n) is 8.99. The molecule has 0 atom stereocenters. The highest BCUT2D eigenvalue weighted by molar-refractivity contribution is 5.85. The molecule has 0 bridgehead atoms. The fourth-order valence-electron chi connectivity index (χ4n) is 1.54. The highest BCUT2D eigenvalue weighted by atomic mass is 35.5. The summed E-state index contributed by atoms with van der Waals surface area (Å²) >= 11 is 0. The minimum absolute atomic E-state index is 0. The number of benzene rings is 2. The summed E-state index contributed by atoms with van der Waals surface area (Å²) in [4.78, 5) is 0. The van der Waals surface area contributed by atoms with Crippen molar-refractivity contribution in [1.82, 2.24) is 0 Å². The molecule has 0 aliphatic rings. The molecule has 0 unspecified atom stereocenters. The molecule has 0 aromatic heterocycles. The van der Waals surface area contributed by atoms with Gasteiger partial charge in [0.2, 0.25) is 0 Å². The van der Waals surface area contributed by atoms with Gasteiger partial charge in [-0.1, -0.05) is 24.3 Å². The molecule has 0 spiro atoms. The van der Waals surface area contributed by atoms with Crippen LogP contribution in [0.3, 0.4) is 0 Å². The molecule has 2 N–H and O–H groups in total. The topological polar surface area (TPSA) is 26.0 Å². The van der Waals surface area contributed by atoms with E-state index < -0.39 is 11.6 Å². The van der Waals surface area contributed by atoms with Crippen molar-refractivity contribution in [2.75, 3.05) is 0 Å². The van der Waals surface area contributed by atoms with Crippen LogP contribution in [0.4, 0.5) is 8.78 Å². The lowest BCUT2D eigenvalue weighted by molar-refractivity contribution is 0.585. The predicted molar refractivity (Wildman–Crippen MR) is 66.9 cm³/mol. The average Bonchev–Trinajstić information content (AvgIpc) is 2.29. The number of rotatable bonds is 2. The summed E-state index contributed by atoms with van der Waals surface area (Å²) in [5, 5.41) is 0. The molecule has 4 heteroatoms. The quantitative estimate of drug-likeness (QED) is 0.873. The Hall–Kier alpha value is -1.45. The minimum Gasteiger partial charge on any atom is -0.326 e. The van der Waals surface area contributed by atoms with Crippen LogP contribution in [0.15, 0.2) is 42.5 Å². The van der Waals surface area contributed by atoms with Gasteiger partial charge < -0.3 is 5.73 Å². The number of halogens is 3. The van der Waals surface area contributed by atoms with Crippen molar-refractivity contribution >= 4 is 12.4 Å². The Morgan fingerprint density at radius 2 is 1.59 bits per heavy atom. The molecular weight excluding hydrogens is 244 g/mol. The highest BCUT2D eigenvalue weighted by Gasteiger charge is 2.05. The Balaban J connectivity index is 0.00000144. The summed E-state index contributed by atoms with van der Waals surface area (Å²) in [5.74, 6) is -1.12. The van der Waals surface area contributed by atoms with Gasteiger partial charge in [0.15, 0.2) is 0 Å². The van der Waals surface area contributed by atoms with Crippen LogP contribution in [0.1, 0.15) is 5.56 Å². The van der Waals surface area contributed by atoms with Gasteiger partial charge in [-0.05, 0) is 23.3 Å². The van der Waals surface area contributed by atoms with Gasteiger partial charge in [-0.3, -0.25) is 0 Å². The molecule has 0 amide bonds. The maximum Gasteiger partial charge on any atom is 0.133 e. The van der Waals surface area contributed by atoms with Crippen molar-refractivity contribution in [3.63, 3.8) is 0 Å². The van der Waals surface area contributed by atoms with Crippen LogP contribution < -0.4 is 5.73 Å². The first kappa shape index (κ1) is 13.6. The van der Waals surface area contributed by atoms with Crippen LogP contribution >= 0.6 is 12.4 Å². The summed E-state index contributed by atoms with van der Waals surface area (Å²) in [5.41, 5.74) is 7.55. The Labute approximate surface area is 105 Å². The van der Waals surface area contributed by atoms with Crippen molar-refractivity contribution in [2.45, 2.75) is 6.54 Å². The van der Waals surface area contributed by atoms with Crippen LogP contribution in [0.25, 0.3) is 11.1 Å². The van der Waals surface area contributed by atoms with Gasteiger partial charge in [-0.15, -0.1) is 12.4 Å². The Bertz CT molecular complexity index is 497. The van der Waals surface area contributed by atoms with E-state index in [1.807, 2.05) is 12.1 Å². The van der Waals surface area contributed by atoms with E-state index in [1.54, 1.807) is 12.1 Å². The third kappa shape index (κ3) is 3.02. The van der Waals surface area contributed by atoms with Crippen molar-refractivity contribution in [3.8, 4) is 11.1 Å². The molecule has 2 aromatic carbocycles. The van der Waals surface area contributed by atoms with Gasteiger partial charge in [0.05, 0.1) is 0 Å².